The maximum atomic E-state index is 13.1. The highest BCUT2D eigenvalue weighted by Crippen LogP contribution is 2.34. The van der Waals surface area contributed by atoms with E-state index in [0.717, 1.165) is 24.3 Å². The monoisotopic (exact) mass is 490 g/mol. The van der Waals surface area contributed by atoms with Crippen molar-refractivity contribution in [2.24, 2.45) is 0 Å². The van der Waals surface area contributed by atoms with Crippen LogP contribution in [-0.2, 0) is 12.4 Å². The van der Waals surface area contributed by atoms with Gasteiger partial charge in [-0.2, -0.15) is 31.4 Å². The molecule has 11 heteroatoms. The molecule has 0 N–H and O–H groups in total. The third-order valence-corrected chi connectivity index (χ3v) is 5.94. The molecule has 0 saturated carbocycles. The first-order valence-corrected chi connectivity index (χ1v) is 10.6. The zero-order chi connectivity index (χ0) is 24.1. The van der Waals surface area contributed by atoms with E-state index < -0.39 is 23.5 Å². The summed E-state index contributed by atoms with van der Waals surface area (Å²) in [5, 5.41) is 6.67. The van der Waals surface area contributed by atoms with Crippen LogP contribution in [0, 0.1) is 0 Å². The van der Waals surface area contributed by atoms with Crippen molar-refractivity contribution >= 4 is 17.0 Å². The zero-order valence-corrected chi connectivity index (χ0v) is 17.7. The van der Waals surface area contributed by atoms with E-state index in [4.69, 9.17) is 0 Å². The van der Waals surface area contributed by atoms with Crippen LogP contribution in [0.4, 0.5) is 26.3 Å². The summed E-state index contributed by atoms with van der Waals surface area (Å²) in [6.45, 7) is 0. The molecule has 0 aliphatic heterocycles. The summed E-state index contributed by atoms with van der Waals surface area (Å²) in [5.41, 5.74) is 1.07. The molecule has 0 spiro atoms. The lowest BCUT2D eigenvalue weighted by Crippen LogP contribution is -2.05. The minimum Gasteiger partial charge on any atom is -0.237 e. The van der Waals surface area contributed by atoms with E-state index in [1.54, 1.807) is 23.6 Å². The Hall–Kier alpha value is -3.73. The first kappa shape index (κ1) is 22.1. The Morgan fingerprint density at radius 2 is 1.47 bits per heavy atom. The van der Waals surface area contributed by atoms with Crippen molar-refractivity contribution in [2.75, 3.05) is 0 Å². The van der Waals surface area contributed by atoms with Gasteiger partial charge in [0.2, 0.25) is 0 Å². The van der Waals surface area contributed by atoms with Gasteiger partial charge in [0.1, 0.15) is 10.7 Å². The van der Waals surface area contributed by atoms with E-state index >= 15 is 0 Å². The van der Waals surface area contributed by atoms with Gasteiger partial charge in [0.25, 0.3) is 0 Å². The van der Waals surface area contributed by atoms with E-state index in [1.165, 1.54) is 40.2 Å². The second kappa shape index (κ2) is 7.94. The van der Waals surface area contributed by atoms with Crippen LogP contribution in [0.3, 0.4) is 0 Å². The molecule has 0 fully saturated rings. The largest absolute Gasteiger partial charge is 0.416 e. The fourth-order valence-electron chi connectivity index (χ4n) is 3.43. The number of alkyl halides is 6. The Labute approximate surface area is 192 Å². The van der Waals surface area contributed by atoms with Gasteiger partial charge in [-0.1, -0.05) is 24.3 Å². The number of halogens is 6. The molecule has 0 aliphatic rings. The van der Waals surface area contributed by atoms with Crippen molar-refractivity contribution in [3.8, 4) is 33.2 Å². The van der Waals surface area contributed by atoms with E-state index in [-0.39, 0.29) is 0 Å². The smallest absolute Gasteiger partial charge is 0.237 e. The maximum Gasteiger partial charge on any atom is 0.416 e. The number of benzene rings is 2. The number of thiazole rings is 1. The van der Waals surface area contributed by atoms with Gasteiger partial charge in [0.05, 0.1) is 22.5 Å². The normalized spacial score (nSPS) is 12.4. The van der Waals surface area contributed by atoms with Gasteiger partial charge >= 0.3 is 12.4 Å². The number of fused-ring (bicyclic) bond motifs is 1. The van der Waals surface area contributed by atoms with Crippen molar-refractivity contribution in [3.63, 3.8) is 0 Å². The fourth-order valence-corrected chi connectivity index (χ4v) is 4.21. The molecule has 4 nitrogen and oxygen atoms in total. The Morgan fingerprint density at radius 3 is 2.18 bits per heavy atom. The molecule has 0 unspecified atom stereocenters. The van der Waals surface area contributed by atoms with Crippen LogP contribution < -0.4 is 0 Å². The molecule has 34 heavy (non-hydrogen) atoms. The highest BCUT2D eigenvalue weighted by Gasteiger charge is 2.31. The van der Waals surface area contributed by atoms with E-state index in [9.17, 15) is 26.3 Å². The van der Waals surface area contributed by atoms with Gasteiger partial charge in [-0.3, -0.25) is 0 Å². The molecule has 5 aromatic rings. The average Bonchev–Trinajstić information content (AvgIpc) is 3.45. The molecule has 0 atom stereocenters. The number of hydrogen-bond acceptors (Lipinski definition) is 4. The summed E-state index contributed by atoms with van der Waals surface area (Å²) in [5.74, 6) is 0. The number of aromatic nitrogens is 4. The summed E-state index contributed by atoms with van der Waals surface area (Å²) in [6.07, 6.45) is -7.43. The first-order valence-electron chi connectivity index (χ1n) is 9.75. The summed E-state index contributed by atoms with van der Waals surface area (Å²) in [6, 6.07) is 12.8. The van der Waals surface area contributed by atoms with Crippen molar-refractivity contribution in [2.45, 2.75) is 12.4 Å². The number of hydrogen-bond donors (Lipinski definition) is 0. The third-order valence-electron chi connectivity index (χ3n) is 5.07. The van der Waals surface area contributed by atoms with Crippen molar-refractivity contribution < 1.29 is 26.3 Å². The molecule has 5 rings (SSSR count). The lowest BCUT2D eigenvalue weighted by Gasteiger charge is -2.09. The summed E-state index contributed by atoms with van der Waals surface area (Å²) in [7, 11) is 0. The third kappa shape index (κ3) is 4.14. The van der Waals surface area contributed by atoms with Gasteiger partial charge in [0.15, 0.2) is 5.65 Å². The van der Waals surface area contributed by atoms with Crippen LogP contribution in [0.2, 0.25) is 0 Å². The van der Waals surface area contributed by atoms with Crippen LogP contribution >= 0.6 is 11.3 Å². The summed E-state index contributed by atoms with van der Waals surface area (Å²) >= 11 is 1.24. The molecule has 0 saturated heterocycles. The fraction of sp³-hybridized carbons (Fsp3) is 0.0870. The second-order valence-electron chi connectivity index (χ2n) is 7.32. The van der Waals surface area contributed by atoms with Gasteiger partial charge < -0.3 is 0 Å². The highest BCUT2D eigenvalue weighted by molar-refractivity contribution is 7.13. The standard InChI is InChI=1S/C23H12F6N4S/c24-22(25,26)15-6-4-13(5-7-15)18-12-34-21(31-18)17-11-20-30-9-8-19(33(20)32-17)14-2-1-3-16(10-14)23(27,28)29/h1-12H. The molecular formula is C23H12F6N4S. The van der Waals surface area contributed by atoms with Crippen molar-refractivity contribution in [3.05, 3.63) is 83.4 Å². The van der Waals surface area contributed by atoms with Crippen molar-refractivity contribution in [1.82, 2.24) is 19.6 Å². The van der Waals surface area contributed by atoms with E-state index in [2.05, 4.69) is 15.1 Å². The molecule has 3 aromatic heterocycles. The number of rotatable bonds is 3. The van der Waals surface area contributed by atoms with E-state index in [0.29, 0.717) is 38.9 Å². The summed E-state index contributed by atoms with van der Waals surface area (Å²) < 4.78 is 79.3. The molecule has 3 heterocycles. The van der Waals surface area contributed by atoms with Gasteiger partial charge in [-0.15, -0.1) is 11.3 Å². The maximum absolute atomic E-state index is 13.1. The summed E-state index contributed by atoms with van der Waals surface area (Å²) in [4.78, 5) is 8.70. The van der Waals surface area contributed by atoms with Gasteiger partial charge in [-0.25, -0.2) is 14.5 Å². The Bertz CT molecular complexity index is 1480. The molecule has 0 amide bonds. The predicted octanol–water partition coefficient (Wildman–Crippen LogP) is 7.22. The van der Waals surface area contributed by atoms with Crippen LogP contribution in [0.5, 0.6) is 0 Å². The Balaban J connectivity index is 1.51. The van der Waals surface area contributed by atoms with Crippen LogP contribution in [0.1, 0.15) is 11.1 Å². The molecule has 2 aromatic carbocycles. The van der Waals surface area contributed by atoms with Crippen LogP contribution in [-0.4, -0.2) is 19.6 Å². The first-order chi connectivity index (χ1) is 16.1. The van der Waals surface area contributed by atoms with E-state index in [1.807, 2.05) is 0 Å². The second-order valence-corrected chi connectivity index (χ2v) is 8.18. The minimum absolute atomic E-state index is 0.321. The average molecular weight is 490 g/mol. The van der Waals surface area contributed by atoms with Crippen molar-refractivity contribution in [1.29, 1.82) is 0 Å². The zero-order valence-electron chi connectivity index (χ0n) is 16.9. The topological polar surface area (TPSA) is 43.1 Å². The van der Waals surface area contributed by atoms with Crippen LogP contribution in [0.15, 0.2) is 72.2 Å². The predicted molar refractivity (Wildman–Crippen MR) is 115 cm³/mol. The molecule has 0 radical (unpaired) electrons. The number of nitrogens with zero attached hydrogens (tertiary/aromatic N) is 4. The quantitative estimate of drug-likeness (QED) is 0.251. The highest BCUT2D eigenvalue weighted by atomic mass is 32.1. The van der Waals surface area contributed by atoms with Crippen LogP contribution in [0.25, 0.3) is 38.9 Å². The molecular weight excluding hydrogens is 478 g/mol. The van der Waals surface area contributed by atoms with Gasteiger partial charge in [0, 0.05) is 28.8 Å². The molecule has 172 valence electrons. The van der Waals surface area contributed by atoms with Gasteiger partial charge in [-0.05, 0) is 30.3 Å². The SMILES string of the molecule is FC(F)(F)c1ccc(-c2csc(-c3cc4nccc(-c5cccc(C(F)(F)F)c5)n4n3)n2)cc1. The molecule has 0 aliphatic carbocycles. The lowest BCUT2D eigenvalue weighted by atomic mass is 10.1. The molecule has 0 bridgehead atoms. The Morgan fingerprint density at radius 1 is 0.735 bits per heavy atom. The lowest BCUT2D eigenvalue weighted by molar-refractivity contribution is -0.138. The Kier molecular flexibility index (Phi) is 5.16. The minimum atomic E-state index is -4.48.